The molecule has 72 valence electrons. The van der Waals surface area contributed by atoms with Crippen LogP contribution in [0.25, 0.3) is 0 Å². The second-order valence-corrected chi connectivity index (χ2v) is 3.99. The Morgan fingerprint density at radius 2 is 1.83 bits per heavy atom. The van der Waals surface area contributed by atoms with E-state index in [1.54, 1.807) is 0 Å². The van der Waals surface area contributed by atoms with Crippen LogP contribution in [0, 0.1) is 0 Å². The van der Waals surface area contributed by atoms with Crippen LogP contribution >= 0.6 is 12.2 Å². The van der Waals surface area contributed by atoms with E-state index in [1.165, 1.54) is 20.8 Å². The van der Waals surface area contributed by atoms with Crippen molar-refractivity contribution in [1.29, 1.82) is 0 Å². The van der Waals surface area contributed by atoms with Gasteiger partial charge in [-0.25, -0.2) is 0 Å². The molecule has 0 saturated heterocycles. The van der Waals surface area contributed by atoms with Crippen LogP contribution < -0.4 is 11.1 Å². The molecule has 0 spiro atoms. The highest BCUT2D eigenvalue weighted by Gasteiger charge is 2.37. The monoisotopic (exact) mass is 192 g/mol. The van der Waals surface area contributed by atoms with Crippen molar-refractivity contribution in [2.24, 2.45) is 5.73 Å². The lowest BCUT2D eigenvalue weighted by molar-refractivity contribution is -0.115. The molecule has 5 heteroatoms. The molecule has 0 fully saturated rings. The third-order valence-electron chi connectivity index (χ3n) is 1.92. The Bertz CT molecular complexity index is 175. The summed E-state index contributed by atoms with van der Waals surface area (Å²) in [6.07, 6.45) is 0. The first-order valence-electron chi connectivity index (χ1n) is 3.65. The minimum Gasteiger partial charge on any atom is -0.387 e. The van der Waals surface area contributed by atoms with Gasteiger partial charge < -0.3 is 21.3 Å². The normalized spacial score (nSPS) is 16.8. The Labute approximate surface area is 77.8 Å². The first-order valence-corrected chi connectivity index (χ1v) is 4.06. The van der Waals surface area contributed by atoms with Crippen LogP contribution in [0.5, 0.6) is 0 Å². The molecule has 0 aromatic carbocycles. The predicted octanol–water partition coefficient (Wildman–Crippen LogP) is -0.658. The van der Waals surface area contributed by atoms with Crippen LogP contribution in [0.4, 0.5) is 0 Å². The van der Waals surface area contributed by atoms with E-state index in [9.17, 15) is 10.2 Å². The summed E-state index contributed by atoms with van der Waals surface area (Å²) in [6.45, 7) is 4.69. The minimum atomic E-state index is -1.25. The molecule has 0 heterocycles. The molecule has 0 radical (unpaired) electrons. The summed E-state index contributed by atoms with van der Waals surface area (Å²) in [5.74, 6) is 0. The molecule has 0 amide bonds. The Kier molecular flexibility index (Phi) is 3.44. The molecular formula is C7H16N2O2S. The van der Waals surface area contributed by atoms with E-state index in [2.05, 4.69) is 17.5 Å². The van der Waals surface area contributed by atoms with Gasteiger partial charge in [-0.15, -0.1) is 0 Å². The average molecular weight is 192 g/mol. The van der Waals surface area contributed by atoms with E-state index in [4.69, 9.17) is 5.73 Å². The summed E-state index contributed by atoms with van der Waals surface area (Å²) in [7, 11) is 0. The molecule has 1 atom stereocenters. The zero-order valence-electron chi connectivity index (χ0n) is 7.59. The van der Waals surface area contributed by atoms with Gasteiger partial charge in [-0.1, -0.05) is 0 Å². The molecule has 0 aliphatic rings. The summed E-state index contributed by atoms with van der Waals surface area (Å²) in [5, 5.41) is 21.9. The van der Waals surface area contributed by atoms with Crippen molar-refractivity contribution in [1.82, 2.24) is 5.32 Å². The summed E-state index contributed by atoms with van der Waals surface area (Å²) >= 11 is 4.56. The summed E-state index contributed by atoms with van der Waals surface area (Å²) in [4.78, 5) is 0. The fourth-order valence-electron chi connectivity index (χ4n) is 0.476. The van der Waals surface area contributed by atoms with Gasteiger partial charge in [0.25, 0.3) is 0 Å². The van der Waals surface area contributed by atoms with Gasteiger partial charge in [-0.05, 0) is 33.0 Å². The number of nitrogens with two attached hydrogens (primary N) is 1. The number of nitrogens with one attached hydrogen (secondary N) is 1. The summed E-state index contributed by atoms with van der Waals surface area (Å²) < 4.78 is 0. The molecule has 0 rings (SSSR count). The second-order valence-electron chi connectivity index (χ2n) is 3.55. The van der Waals surface area contributed by atoms with E-state index in [0.717, 1.165) is 0 Å². The lowest BCUT2D eigenvalue weighted by Gasteiger charge is -2.35. The topological polar surface area (TPSA) is 78.5 Å². The molecule has 0 aliphatic heterocycles. The predicted molar refractivity (Wildman–Crippen MR) is 51.7 cm³/mol. The molecule has 4 nitrogen and oxygen atoms in total. The molecule has 5 N–H and O–H groups in total. The number of hydrogen-bond donors (Lipinski definition) is 4. The maximum absolute atomic E-state index is 9.67. The van der Waals surface area contributed by atoms with Crippen molar-refractivity contribution in [3.63, 3.8) is 0 Å². The molecule has 0 saturated carbocycles. The highest BCUT2D eigenvalue weighted by Crippen LogP contribution is 2.19. The highest BCUT2D eigenvalue weighted by atomic mass is 32.1. The molecule has 0 aliphatic carbocycles. The first kappa shape index (κ1) is 11.6. The third kappa shape index (κ3) is 3.34. The fraction of sp³-hybridized carbons (Fsp3) is 0.857. The lowest BCUT2D eigenvalue weighted by atomic mass is 9.88. The van der Waals surface area contributed by atoms with Crippen molar-refractivity contribution in [3.05, 3.63) is 0 Å². The van der Waals surface area contributed by atoms with Crippen molar-refractivity contribution < 1.29 is 10.2 Å². The Hall–Kier alpha value is -0.390. The van der Waals surface area contributed by atoms with E-state index in [0.29, 0.717) is 0 Å². The zero-order valence-corrected chi connectivity index (χ0v) is 8.40. The van der Waals surface area contributed by atoms with Crippen molar-refractivity contribution in [2.45, 2.75) is 32.0 Å². The summed E-state index contributed by atoms with van der Waals surface area (Å²) in [6, 6.07) is 0. The third-order valence-corrected chi connectivity index (χ3v) is 2.07. The Morgan fingerprint density at radius 3 is 2.08 bits per heavy atom. The first-order chi connectivity index (χ1) is 5.17. The number of thiocarbonyl (C=S) groups is 1. The van der Waals surface area contributed by atoms with Crippen LogP contribution in [0.15, 0.2) is 0 Å². The lowest BCUT2D eigenvalue weighted by Crippen LogP contribution is -2.55. The zero-order chi connectivity index (χ0) is 9.99. The SMILES string of the molecule is CC(C)(O)C(C)(O)CNC(N)=S. The standard InChI is InChI=1S/C7H16N2O2S/c1-6(2,10)7(3,11)4-9-5(8)12/h10-11H,4H2,1-3H3,(H3,8,9,12). The van der Waals surface area contributed by atoms with Crippen molar-refractivity contribution in [3.8, 4) is 0 Å². The smallest absolute Gasteiger partial charge is 0.163 e. The number of aliphatic hydroxyl groups is 2. The van der Waals surface area contributed by atoms with Gasteiger partial charge in [-0.3, -0.25) is 0 Å². The molecule has 12 heavy (non-hydrogen) atoms. The van der Waals surface area contributed by atoms with Gasteiger partial charge >= 0.3 is 0 Å². The average Bonchev–Trinajstić information content (AvgIpc) is 1.81. The van der Waals surface area contributed by atoms with Crippen LogP contribution in [0.3, 0.4) is 0 Å². The fourth-order valence-corrected chi connectivity index (χ4v) is 0.548. The Balaban J connectivity index is 4.14. The van der Waals surface area contributed by atoms with E-state index in [1.807, 2.05) is 0 Å². The van der Waals surface area contributed by atoms with Gasteiger partial charge in [0, 0.05) is 6.54 Å². The number of rotatable bonds is 3. The molecule has 0 bridgehead atoms. The van der Waals surface area contributed by atoms with Crippen LogP contribution in [0.1, 0.15) is 20.8 Å². The van der Waals surface area contributed by atoms with Crippen LogP contribution in [-0.4, -0.2) is 33.1 Å². The number of hydrogen-bond acceptors (Lipinski definition) is 3. The maximum Gasteiger partial charge on any atom is 0.163 e. The highest BCUT2D eigenvalue weighted by molar-refractivity contribution is 7.80. The van der Waals surface area contributed by atoms with Crippen molar-refractivity contribution in [2.75, 3.05) is 6.54 Å². The van der Waals surface area contributed by atoms with Crippen LogP contribution in [0.2, 0.25) is 0 Å². The van der Waals surface area contributed by atoms with Gasteiger partial charge in [0.15, 0.2) is 5.11 Å². The second kappa shape index (κ2) is 3.55. The summed E-state index contributed by atoms with van der Waals surface area (Å²) in [5.41, 5.74) is 2.73. The minimum absolute atomic E-state index is 0.111. The van der Waals surface area contributed by atoms with Gasteiger partial charge in [0.2, 0.25) is 0 Å². The Morgan fingerprint density at radius 1 is 1.42 bits per heavy atom. The molecule has 0 aromatic rings. The quantitative estimate of drug-likeness (QED) is 0.447. The largest absolute Gasteiger partial charge is 0.387 e. The van der Waals surface area contributed by atoms with Gasteiger partial charge in [0.05, 0.1) is 5.60 Å². The molecule has 0 aromatic heterocycles. The van der Waals surface area contributed by atoms with E-state index in [-0.39, 0.29) is 11.7 Å². The van der Waals surface area contributed by atoms with Gasteiger partial charge in [0.1, 0.15) is 5.60 Å². The van der Waals surface area contributed by atoms with E-state index < -0.39 is 11.2 Å². The maximum atomic E-state index is 9.67. The van der Waals surface area contributed by atoms with Crippen molar-refractivity contribution >= 4 is 17.3 Å². The molecular weight excluding hydrogens is 176 g/mol. The molecule has 1 unspecified atom stereocenters. The van der Waals surface area contributed by atoms with Crippen LogP contribution in [-0.2, 0) is 0 Å². The van der Waals surface area contributed by atoms with E-state index >= 15 is 0 Å². The van der Waals surface area contributed by atoms with Gasteiger partial charge in [-0.2, -0.15) is 0 Å².